The summed E-state index contributed by atoms with van der Waals surface area (Å²) in [6, 6.07) is 3.98. The van der Waals surface area contributed by atoms with Crippen molar-refractivity contribution in [1.82, 2.24) is 24.7 Å². The highest BCUT2D eigenvalue weighted by Gasteiger charge is 2.47. The standard InChI is InChI=1S/C35H51FN6O5/c1-8-42(25(2)3)31(43)27-19-26(36)9-10-28(27)46-29-20-37-24-38-30(29)41-21-34(22-41)11-15-39(16-12-34)23-35(45-7)13-17-40(18-14-35)32(44)47-33(4,5)6/h9-10,19-20,24-25H,8,11-18,21-23H2,1-7H3. The summed E-state index contributed by atoms with van der Waals surface area (Å²) in [6.45, 7) is 17.7. The number of carbonyl (C=O) groups excluding carboxylic acids is 2. The first-order valence-corrected chi connectivity index (χ1v) is 16.8. The molecule has 3 fully saturated rings. The first-order chi connectivity index (χ1) is 22.3. The van der Waals surface area contributed by atoms with Gasteiger partial charge in [-0.15, -0.1) is 0 Å². The van der Waals surface area contributed by atoms with Gasteiger partial charge in [-0.3, -0.25) is 4.79 Å². The molecule has 0 N–H and O–H groups in total. The predicted molar refractivity (Wildman–Crippen MR) is 177 cm³/mol. The Morgan fingerprint density at radius 2 is 1.72 bits per heavy atom. The summed E-state index contributed by atoms with van der Waals surface area (Å²) in [7, 11) is 1.79. The minimum atomic E-state index is -0.508. The molecular weight excluding hydrogens is 603 g/mol. The fourth-order valence-electron chi connectivity index (χ4n) is 7.07. The van der Waals surface area contributed by atoms with Crippen LogP contribution in [-0.4, -0.2) is 113 Å². The average molecular weight is 655 g/mol. The number of nitrogens with zero attached hydrogens (tertiary/aromatic N) is 6. The Balaban J connectivity index is 1.18. The lowest BCUT2D eigenvalue weighted by Crippen LogP contribution is -2.62. The number of piperidine rings is 2. The van der Waals surface area contributed by atoms with E-state index >= 15 is 0 Å². The Hall–Kier alpha value is -3.51. The third kappa shape index (κ3) is 7.97. The quantitative estimate of drug-likeness (QED) is 0.342. The van der Waals surface area contributed by atoms with Crippen LogP contribution in [-0.2, 0) is 9.47 Å². The van der Waals surface area contributed by atoms with E-state index in [2.05, 4.69) is 19.8 Å². The topological polar surface area (TPSA) is 101 Å². The van der Waals surface area contributed by atoms with E-state index in [4.69, 9.17) is 14.2 Å². The SMILES string of the molecule is CCN(C(=O)c1cc(F)ccc1Oc1cncnc1N1CC2(CCN(CC3(OC)CCN(C(=O)OC(C)(C)C)CC3)CC2)C1)C(C)C. The summed E-state index contributed by atoms with van der Waals surface area (Å²) in [5, 5.41) is 0. The molecule has 3 aliphatic heterocycles. The number of methoxy groups -OCH3 is 1. The first kappa shape index (κ1) is 34.8. The molecule has 1 spiro atoms. The third-order valence-corrected chi connectivity index (χ3v) is 9.82. The fraction of sp³-hybridized carbons (Fsp3) is 0.657. The number of anilines is 1. The molecular formula is C35H51FN6O5. The third-order valence-electron chi connectivity index (χ3n) is 9.82. The minimum Gasteiger partial charge on any atom is -0.451 e. The predicted octanol–water partition coefficient (Wildman–Crippen LogP) is 5.60. The van der Waals surface area contributed by atoms with Crippen LogP contribution in [0, 0.1) is 11.2 Å². The summed E-state index contributed by atoms with van der Waals surface area (Å²) < 4.78 is 32.2. The van der Waals surface area contributed by atoms with Gasteiger partial charge in [-0.05, 0) is 98.5 Å². The number of amides is 2. The molecule has 0 unspecified atom stereocenters. The number of hydrogen-bond acceptors (Lipinski definition) is 9. The van der Waals surface area contributed by atoms with Gasteiger partial charge < -0.3 is 33.8 Å². The Bertz CT molecular complexity index is 1410. The van der Waals surface area contributed by atoms with Crippen molar-refractivity contribution >= 4 is 17.8 Å². The molecule has 0 atom stereocenters. The van der Waals surface area contributed by atoms with Crippen LogP contribution in [0.1, 0.15) is 77.6 Å². The summed E-state index contributed by atoms with van der Waals surface area (Å²) in [5.74, 6) is 0.603. The molecule has 0 radical (unpaired) electrons. The Labute approximate surface area is 278 Å². The van der Waals surface area contributed by atoms with Crippen LogP contribution in [0.3, 0.4) is 0 Å². The molecule has 2 amide bonds. The maximum atomic E-state index is 14.3. The second-order valence-electron chi connectivity index (χ2n) is 14.6. The number of halogens is 1. The molecule has 12 heteroatoms. The van der Waals surface area contributed by atoms with Gasteiger partial charge >= 0.3 is 6.09 Å². The van der Waals surface area contributed by atoms with E-state index in [0.717, 1.165) is 58.4 Å². The minimum absolute atomic E-state index is 0.0415. The van der Waals surface area contributed by atoms with Gasteiger partial charge in [0.05, 0.1) is 17.4 Å². The van der Waals surface area contributed by atoms with Gasteiger partial charge in [0.15, 0.2) is 11.6 Å². The lowest BCUT2D eigenvalue weighted by Gasteiger charge is -2.55. The molecule has 1 aromatic carbocycles. The van der Waals surface area contributed by atoms with Crippen molar-refractivity contribution in [2.75, 3.05) is 64.4 Å². The van der Waals surface area contributed by atoms with Crippen LogP contribution in [0.2, 0.25) is 0 Å². The van der Waals surface area contributed by atoms with Crippen LogP contribution < -0.4 is 9.64 Å². The fourth-order valence-corrected chi connectivity index (χ4v) is 7.07. The molecule has 0 aliphatic carbocycles. The van der Waals surface area contributed by atoms with Crippen molar-refractivity contribution in [3.63, 3.8) is 0 Å². The number of carbonyl (C=O) groups is 2. The number of aromatic nitrogens is 2. The summed E-state index contributed by atoms with van der Waals surface area (Å²) in [4.78, 5) is 42.8. The van der Waals surface area contributed by atoms with Gasteiger partial charge in [0, 0.05) is 57.8 Å². The van der Waals surface area contributed by atoms with Crippen LogP contribution in [0.4, 0.5) is 15.0 Å². The van der Waals surface area contributed by atoms with E-state index in [9.17, 15) is 14.0 Å². The van der Waals surface area contributed by atoms with Crippen LogP contribution in [0.5, 0.6) is 11.5 Å². The van der Waals surface area contributed by atoms with Crippen molar-refractivity contribution < 1.29 is 28.2 Å². The summed E-state index contributed by atoms with van der Waals surface area (Å²) in [5.41, 5.74) is -0.417. The van der Waals surface area contributed by atoms with Crippen LogP contribution >= 0.6 is 0 Å². The average Bonchev–Trinajstić information content (AvgIpc) is 3.01. The highest BCUT2D eigenvalue weighted by Crippen LogP contribution is 2.45. The van der Waals surface area contributed by atoms with Gasteiger partial charge in [-0.25, -0.2) is 19.2 Å². The molecule has 258 valence electrons. The van der Waals surface area contributed by atoms with E-state index in [1.807, 2.05) is 41.5 Å². The Morgan fingerprint density at radius 1 is 1.04 bits per heavy atom. The molecule has 5 rings (SSSR count). The lowest BCUT2D eigenvalue weighted by atomic mass is 9.71. The number of hydrogen-bond donors (Lipinski definition) is 0. The molecule has 0 saturated carbocycles. The molecule has 47 heavy (non-hydrogen) atoms. The van der Waals surface area contributed by atoms with Gasteiger partial charge in [0.2, 0.25) is 0 Å². The van der Waals surface area contributed by atoms with E-state index < -0.39 is 11.4 Å². The number of benzene rings is 1. The van der Waals surface area contributed by atoms with Gasteiger partial charge in [-0.1, -0.05) is 0 Å². The van der Waals surface area contributed by atoms with Crippen LogP contribution in [0.25, 0.3) is 0 Å². The molecule has 3 aliphatic rings. The smallest absolute Gasteiger partial charge is 0.410 e. The maximum Gasteiger partial charge on any atom is 0.410 e. The highest BCUT2D eigenvalue weighted by atomic mass is 19.1. The van der Waals surface area contributed by atoms with Crippen molar-refractivity contribution in [2.24, 2.45) is 5.41 Å². The molecule has 3 saturated heterocycles. The Morgan fingerprint density at radius 3 is 2.32 bits per heavy atom. The number of likely N-dealkylation sites (tertiary alicyclic amines) is 2. The van der Waals surface area contributed by atoms with Gasteiger partial charge in [0.25, 0.3) is 5.91 Å². The number of ether oxygens (including phenoxy) is 3. The molecule has 4 heterocycles. The zero-order valence-electron chi connectivity index (χ0n) is 29.1. The molecule has 2 aromatic rings. The molecule has 0 bridgehead atoms. The largest absolute Gasteiger partial charge is 0.451 e. The van der Waals surface area contributed by atoms with Gasteiger partial charge in [-0.2, -0.15) is 0 Å². The first-order valence-electron chi connectivity index (χ1n) is 16.8. The lowest BCUT2D eigenvalue weighted by molar-refractivity contribution is -0.0851. The van der Waals surface area contributed by atoms with Gasteiger partial charge in [0.1, 0.15) is 23.5 Å². The zero-order valence-corrected chi connectivity index (χ0v) is 29.1. The van der Waals surface area contributed by atoms with E-state index in [1.165, 1.54) is 24.5 Å². The second-order valence-corrected chi connectivity index (χ2v) is 14.6. The van der Waals surface area contributed by atoms with Crippen LogP contribution in [0.15, 0.2) is 30.7 Å². The van der Waals surface area contributed by atoms with Crippen molar-refractivity contribution in [1.29, 1.82) is 0 Å². The van der Waals surface area contributed by atoms with E-state index in [0.29, 0.717) is 31.2 Å². The molecule has 1 aromatic heterocycles. The number of rotatable bonds is 9. The summed E-state index contributed by atoms with van der Waals surface area (Å²) in [6.07, 6.45) is 6.54. The van der Waals surface area contributed by atoms with Crippen molar-refractivity contribution in [3.05, 3.63) is 42.1 Å². The van der Waals surface area contributed by atoms with Crippen molar-refractivity contribution in [2.45, 2.75) is 84.5 Å². The molecule has 11 nitrogen and oxygen atoms in total. The highest BCUT2D eigenvalue weighted by molar-refractivity contribution is 5.97. The van der Waals surface area contributed by atoms with Crippen molar-refractivity contribution in [3.8, 4) is 11.5 Å². The second kappa shape index (κ2) is 13.9. The monoisotopic (exact) mass is 654 g/mol. The Kier molecular flexibility index (Phi) is 10.3. The normalized spacial score (nSPS) is 19.4. The summed E-state index contributed by atoms with van der Waals surface area (Å²) >= 11 is 0. The zero-order chi connectivity index (χ0) is 34.0. The van der Waals surface area contributed by atoms with E-state index in [1.54, 1.807) is 23.1 Å². The van der Waals surface area contributed by atoms with E-state index in [-0.39, 0.29) is 40.4 Å². The maximum absolute atomic E-state index is 14.3.